The highest BCUT2D eigenvalue weighted by Gasteiger charge is 2.37. The van der Waals surface area contributed by atoms with Gasteiger partial charge in [-0.3, -0.25) is 14.3 Å². The lowest BCUT2D eigenvalue weighted by Gasteiger charge is -2.11. The van der Waals surface area contributed by atoms with Gasteiger partial charge >= 0.3 is 12.4 Å². The topological polar surface area (TPSA) is 133 Å². The van der Waals surface area contributed by atoms with Crippen LogP contribution in [-0.4, -0.2) is 41.2 Å². The predicted molar refractivity (Wildman–Crippen MR) is 143 cm³/mol. The molecule has 42 heavy (non-hydrogen) atoms. The molecule has 5 heterocycles. The lowest BCUT2D eigenvalue weighted by atomic mass is 10.0. The fourth-order valence-corrected chi connectivity index (χ4v) is 5.85. The normalized spacial score (nSPS) is 12.4. The molecular weight excluding hydrogens is 658 g/mol. The monoisotopic (exact) mass is 674 g/mol. The van der Waals surface area contributed by atoms with E-state index in [1.54, 1.807) is 13.8 Å². The van der Waals surface area contributed by atoms with Gasteiger partial charge in [0.25, 0.3) is 11.8 Å². The number of hydrogen-bond donors (Lipinski definition) is 2. The number of fused-ring (bicyclic) bond motifs is 2. The van der Waals surface area contributed by atoms with E-state index in [2.05, 4.69) is 41.4 Å². The Bertz CT molecular complexity index is 1920. The summed E-state index contributed by atoms with van der Waals surface area (Å²) in [7, 11) is 0. The number of nitrogens with zero attached hydrogens (tertiary/aromatic N) is 6. The van der Waals surface area contributed by atoms with Crippen molar-refractivity contribution in [2.75, 3.05) is 5.32 Å². The molecule has 3 N–H and O–H groups in total. The Kier molecular flexibility index (Phi) is 7.04. The number of amides is 2. The fraction of sp³-hybridized carbons (Fsp3) is 0.250. The van der Waals surface area contributed by atoms with Gasteiger partial charge in [0.15, 0.2) is 11.3 Å². The molecule has 0 unspecified atom stereocenters. The predicted octanol–water partition coefficient (Wildman–Crippen LogP) is 5.99. The zero-order valence-electron chi connectivity index (χ0n) is 21.6. The number of pyridine rings is 1. The first-order valence-corrected chi connectivity index (χ1v) is 13.5. The summed E-state index contributed by atoms with van der Waals surface area (Å²) in [5.41, 5.74) is 2.52. The van der Waals surface area contributed by atoms with Gasteiger partial charge in [-0.15, -0.1) is 11.3 Å². The molecule has 0 atom stereocenters. The van der Waals surface area contributed by atoms with E-state index >= 15 is 0 Å². The van der Waals surface area contributed by atoms with Crippen LogP contribution >= 0.6 is 27.3 Å². The average Bonchev–Trinajstić information content (AvgIpc) is 3.55. The van der Waals surface area contributed by atoms with E-state index < -0.39 is 41.2 Å². The summed E-state index contributed by atoms with van der Waals surface area (Å²) in [4.78, 5) is 33.0. The van der Waals surface area contributed by atoms with Crippen LogP contribution in [0.3, 0.4) is 0 Å². The number of carbonyl (C=O) groups is 2. The molecule has 0 aliphatic heterocycles. The number of primary amides is 1. The second kappa shape index (κ2) is 10.0. The molecule has 0 radical (unpaired) electrons. The van der Waals surface area contributed by atoms with E-state index in [9.17, 15) is 35.9 Å². The van der Waals surface area contributed by atoms with Crippen molar-refractivity contribution < 1.29 is 35.9 Å². The number of aromatic nitrogens is 6. The maximum absolute atomic E-state index is 13.8. The van der Waals surface area contributed by atoms with E-state index in [0.29, 0.717) is 28.1 Å². The van der Waals surface area contributed by atoms with E-state index in [-0.39, 0.29) is 47.7 Å². The minimum absolute atomic E-state index is 0.00130. The molecule has 18 heteroatoms. The van der Waals surface area contributed by atoms with Crippen molar-refractivity contribution in [3.05, 3.63) is 56.1 Å². The van der Waals surface area contributed by atoms with Gasteiger partial charge in [0.1, 0.15) is 21.1 Å². The van der Waals surface area contributed by atoms with Crippen LogP contribution in [-0.2, 0) is 18.9 Å². The molecule has 0 saturated carbocycles. The molecule has 10 nitrogen and oxygen atoms in total. The van der Waals surface area contributed by atoms with Gasteiger partial charge in [0, 0.05) is 29.4 Å². The van der Waals surface area contributed by atoms with Crippen LogP contribution in [0.25, 0.3) is 27.0 Å². The Morgan fingerprint density at radius 3 is 2.31 bits per heavy atom. The quantitative estimate of drug-likeness (QED) is 0.220. The molecule has 5 aromatic heterocycles. The van der Waals surface area contributed by atoms with Gasteiger partial charge in [-0.1, -0.05) is 0 Å². The lowest BCUT2D eigenvalue weighted by Crippen LogP contribution is -2.18. The van der Waals surface area contributed by atoms with Crippen LogP contribution < -0.4 is 11.1 Å². The number of nitrogens with two attached hydrogens (primary N) is 1. The van der Waals surface area contributed by atoms with Crippen LogP contribution in [0.2, 0.25) is 0 Å². The number of aryl methyl sites for hydroxylation is 3. The minimum Gasteiger partial charge on any atom is -0.365 e. The van der Waals surface area contributed by atoms with Crippen LogP contribution in [0.5, 0.6) is 0 Å². The van der Waals surface area contributed by atoms with Crippen molar-refractivity contribution in [2.45, 2.75) is 39.7 Å². The third-order valence-electron chi connectivity index (χ3n) is 6.14. The number of rotatable bonds is 5. The van der Waals surface area contributed by atoms with Gasteiger partial charge in [-0.2, -0.15) is 36.5 Å². The minimum atomic E-state index is -4.86. The molecule has 0 bridgehead atoms. The molecule has 2 amide bonds. The van der Waals surface area contributed by atoms with E-state index in [0.717, 1.165) is 12.1 Å². The number of thiophene rings is 1. The van der Waals surface area contributed by atoms with Gasteiger partial charge < -0.3 is 11.1 Å². The summed E-state index contributed by atoms with van der Waals surface area (Å²) >= 11 is 3.60. The van der Waals surface area contributed by atoms with E-state index in [1.165, 1.54) is 17.8 Å². The summed E-state index contributed by atoms with van der Waals surface area (Å²) in [5, 5.41) is 10.5. The van der Waals surface area contributed by atoms with Crippen LogP contribution in [0.4, 0.5) is 32.0 Å². The molecule has 0 aliphatic carbocycles. The molecule has 0 aromatic carbocycles. The van der Waals surface area contributed by atoms with Gasteiger partial charge in [-0.25, -0.2) is 14.5 Å². The number of nitrogens with one attached hydrogen (secondary N) is 1. The zero-order valence-corrected chi connectivity index (χ0v) is 24.0. The molecule has 0 spiro atoms. The average molecular weight is 675 g/mol. The van der Waals surface area contributed by atoms with Crippen molar-refractivity contribution in [3.8, 4) is 11.1 Å². The van der Waals surface area contributed by atoms with Crippen molar-refractivity contribution in [2.24, 2.45) is 5.73 Å². The third kappa shape index (κ3) is 4.97. The Labute approximate surface area is 243 Å². The summed E-state index contributed by atoms with van der Waals surface area (Å²) in [6.45, 7) is 5.07. The van der Waals surface area contributed by atoms with Crippen molar-refractivity contribution in [3.63, 3.8) is 0 Å². The van der Waals surface area contributed by atoms with E-state index in [4.69, 9.17) is 5.73 Å². The van der Waals surface area contributed by atoms with Crippen LogP contribution in [0.1, 0.15) is 49.9 Å². The standard InChI is InChI=1S/C24H17BrF6N8O2S/c1-4-38-7-11(9(3)36-38)10-6-12(23(26,27)28)34-22-14(10)16(18(42-22)19(32)40)35-21(41)17-15(25)20-33-8(2)5-13(24(29,30)31)39(20)37-17/h5-7H,4H2,1-3H3,(H2,32,40)(H,35,41). The van der Waals surface area contributed by atoms with Crippen molar-refractivity contribution >= 4 is 60.6 Å². The lowest BCUT2D eigenvalue weighted by molar-refractivity contribution is -0.143. The highest BCUT2D eigenvalue weighted by molar-refractivity contribution is 9.10. The Morgan fingerprint density at radius 1 is 1.05 bits per heavy atom. The molecule has 220 valence electrons. The Morgan fingerprint density at radius 2 is 1.74 bits per heavy atom. The highest BCUT2D eigenvalue weighted by atomic mass is 79.9. The Balaban J connectivity index is 1.75. The SMILES string of the molecule is CCn1cc(-c2cc(C(F)(F)F)nc3sc(C(N)=O)c(NC(=O)c4nn5c(C(F)(F)F)cc(C)nc5c4Br)c23)c(C)n1. The maximum atomic E-state index is 13.8. The second-order valence-corrected chi connectivity index (χ2v) is 10.8. The van der Waals surface area contributed by atoms with Crippen molar-refractivity contribution in [1.82, 2.24) is 29.4 Å². The van der Waals surface area contributed by atoms with E-state index in [1.807, 2.05) is 0 Å². The van der Waals surface area contributed by atoms with Crippen LogP contribution in [0, 0.1) is 13.8 Å². The fourth-order valence-electron chi connectivity index (χ4n) is 4.33. The summed E-state index contributed by atoms with van der Waals surface area (Å²) in [6, 6.07) is 1.52. The second-order valence-electron chi connectivity index (χ2n) is 9.02. The van der Waals surface area contributed by atoms with Gasteiger partial charge in [0.2, 0.25) is 0 Å². The van der Waals surface area contributed by atoms with Crippen molar-refractivity contribution in [1.29, 1.82) is 0 Å². The molecular formula is C24H17BrF6N8O2S. The first kappa shape index (κ1) is 29.4. The third-order valence-corrected chi connectivity index (χ3v) is 7.97. The molecule has 0 saturated heterocycles. The summed E-state index contributed by atoms with van der Waals surface area (Å²) in [5.74, 6) is -2.17. The number of hydrogen-bond acceptors (Lipinski definition) is 7. The first-order chi connectivity index (χ1) is 19.5. The largest absolute Gasteiger partial charge is 0.433 e. The molecule has 0 fully saturated rings. The number of anilines is 1. The molecule has 5 aromatic rings. The highest BCUT2D eigenvalue weighted by Crippen LogP contribution is 2.44. The maximum Gasteiger partial charge on any atom is 0.433 e. The molecule has 5 rings (SSSR count). The molecule has 0 aliphatic rings. The Hall–Kier alpha value is -4.06. The number of halogens is 7. The smallest absolute Gasteiger partial charge is 0.365 e. The zero-order chi connectivity index (χ0) is 30.9. The number of alkyl halides is 6. The summed E-state index contributed by atoms with van der Waals surface area (Å²) in [6.07, 6.45) is -8.20. The van der Waals surface area contributed by atoms with Crippen LogP contribution in [0.15, 0.2) is 22.8 Å². The first-order valence-electron chi connectivity index (χ1n) is 11.8. The summed E-state index contributed by atoms with van der Waals surface area (Å²) < 4.78 is 84.3. The van der Waals surface area contributed by atoms with Gasteiger partial charge in [-0.05, 0) is 54.4 Å². The number of carbonyl (C=O) groups excluding carboxylic acids is 2. The van der Waals surface area contributed by atoms with Gasteiger partial charge in [0.05, 0.1) is 15.9 Å².